The molecule has 5 heteroatoms. The summed E-state index contributed by atoms with van der Waals surface area (Å²) in [6.45, 7) is 8.38. The third-order valence-corrected chi connectivity index (χ3v) is 3.86. The highest BCUT2D eigenvalue weighted by atomic mass is 15.2. The van der Waals surface area contributed by atoms with Gasteiger partial charge in [0.25, 0.3) is 0 Å². The van der Waals surface area contributed by atoms with Crippen LogP contribution in [0.25, 0.3) is 0 Å². The second kappa shape index (κ2) is 10.2. The van der Waals surface area contributed by atoms with E-state index in [0.29, 0.717) is 6.54 Å². The SMILES string of the molecule is CCNC(=NCc1ccccn1)NCCCCN1CCCC1. The third-order valence-electron chi connectivity index (χ3n) is 3.86. The summed E-state index contributed by atoms with van der Waals surface area (Å²) >= 11 is 0. The second-order valence-corrected chi connectivity index (χ2v) is 5.70. The van der Waals surface area contributed by atoms with Crippen molar-refractivity contribution in [3.63, 3.8) is 0 Å². The van der Waals surface area contributed by atoms with Gasteiger partial charge in [0, 0.05) is 19.3 Å². The fourth-order valence-electron chi connectivity index (χ4n) is 2.67. The van der Waals surface area contributed by atoms with E-state index in [9.17, 15) is 0 Å². The summed E-state index contributed by atoms with van der Waals surface area (Å²) in [5.41, 5.74) is 0.994. The van der Waals surface area contributed by atoms with Crippen molar-refractivity contribution in [2.45, 2.75) is 39.2 Å². The third kappa shape index (κ3) is 6.43. The molecule has 2 N–H and O–H groups in total. The maximum absolute atomic E-state index is 4.58. The first-order valence-corrected chi connectivity index (χ1v) is 8.53. The second-order valence-electron chi connectivity index (χ2n) is 5.70. The molecular formula is C17H29N5. The molecule has 2 heterocycles. The van der Waals surface area contributed by atoms with Gasteiger partial charge in [0.2, 0.25) is 0 Å². The highest BCUT2D eigenvalue weighted by Gasteiger charge is 2.09. The molecule has 0 amide bonds. The quantitative estimate of drug-likeness (QED) is 0.438. The number of unbranched alkanes of at least 4 members (excludes halogenated alkanes) is 1. The van der Waals surface area contributed by atoms with E-state index in [1.165, 1.54) is 45.3 Å². The lowest BCUT2D eigenvalue weighted by Crippen LogP contribution is -2.38. The molecule has 1 aliphatic heterocycles. The van der Waals surface area contributed by atoms with Crippen LogP contribution in [-0.2, 0) is 6.54 Å². The maximum Gasteiger partial charge on any atom is 0.191 e. The van der Waals surface area contributed by atoms with E-state index in [-0.39, 0.29) is 0 Å². The Bertz CT molecular complexity index is 426. The molecule has 0 aromatic carbocycles. The molecule has 1 aromatic rings. The molecule has 122 valence electrons. The van der Waals surface area contributed by atoms with E-state index in [1.54, 1.807) is 0 Å². The van der Waals surface area contributed by atoms with Crippen LogP contribution in [0.3, 0.4) is 0 Å². The van der Waals surface area contributed by atoms with Gasteiger partial charge in [0.15, 0.2) is 5.96 Å². The topological polar surface area (TPSA) is 52.6 Å². The van der Waals surface area contributed by atoms with Crippen LogP contribution in [0.2, 0.25) is 0 Å². The van der Waals surface area contributed by atoms with Gasteiger partial charge in [0.1, 0.15) is 0 Å². The number of rotatable bonds is 8. The van der Waals surface area contributed by atoms with Gasteiger partial charge >= 0.3 is 0 Å². The maximum atomic E-state index is 4.58. The van der Waals surface area contributed by atoms with Crippen molar-refractivity contribution in [2.75, 3.05) is 32.7 Å². The van der Waals surface area contributed by atoms with Crippen molar-refractivity contribution in [3.8, 4) is 0 Å². The lowest BCUT2D eigenvalue weighted by Gasteiger charge is -2.15. The molecule has 0 unspecified atom stereocenters. The zero-order valence-electron chi connectivity index (χ0n) is 13.7. The van der Waals surface area contributed by atoms with Crippen LogP contribution in [0.4, 0.5) is 0 Å². The van der Waals surface area contributed by atoms with E-state index in [0.717, 1.165) is 24.7 Å². The molecular weight excluding hydrogens is 274 g/mol. The van der Waals surface area contributed by atoms with Crippen molar-refractivity contribution in [2.24, 2.45) is 4.99 Å². The molecule has 22 heavy (non-hydrogen) atoms. The molecule has 5 nitrogen and oxygen atoms in total. The lowest BCUT2D eigenvalue weighted by molar-refractivity contribution is 0.330. The van der Waals surface area contributed by atoms with Crippen LogP contribution >= 0.6 is 0 Å². The summed E-state index contributed by atoms with van der Waals surface area (Å²) in [6, 6.07) is 5.93. The zero-order chi connectivity index (χ0) is 15.5. The Morgan fingerprint density at radius 2 is 2.09 bits per heavy atom. The first-order valence-electron chi connectivity index (χ1n) is 8.53. The molecule has 0 aliphatic carbocycles. The minimum Gasteiger partial charge on any atom is -0.357 e. The van der Waals surface area contributed by atoms with Crippen molar-refractivity contribution >= 4 is 5.96 Å². The Kier molecular flexibility index (Phi) is 7.74. The fraction of sp³-hybridized carbons (Fsp3) is 0.647. The number of nitrogens with zero attached hydrogens (tertiary/aromatic N) is 3. The predicted molar refractivity (Wildman–Crippen MR) is 92.0 cm³/mol. The number of guanidine groups is 1. The molecule has 0 bridgehead atoms. The molecule has 1 saturated heterocycles. The zero-order valence-corrected chi connectivity index (χ0v) is 13.7. The Hall–Kier alpha value is -1.62. The molecule has 1 aromatic heterocycles. The molecule has 1 fully saturated rings. The van der Waals surface area contributed by atoms with E-state index in [4.69, 9.17) is 0 Å². The molecule has 2 rings (SSSR count). The average Bonchev–Trinajstić information content (AvgIpc) is 3.06. The molecule has 0 radical (unpaired) electrons. The average molecular weight is 303 g/mol. The lowest BCUT2D eigenvalue weighted by atomic mass is 10.3. The largest absolute Gasteiger partial charge is 0.357 e. The Morgan fingerprint density at radius 3 is 2.82 bits per heavy atom. The van der Waals surface area contributed by atoms with Gasteiger partial charge < -0.3 is 15.5 Å². The van der Waals surface area contributed by atoms with Crippen molar-refractivity contribution in [1.29, 1.82) is 0 Å². The van der Waals surface area contributed by atoms with Gasteiger partial charge in [0.05, 0.1) is 12.2 Å². The first kappa shape index (κ1) is 16.7. The van der Waals surface area contributed by atoms with Gasteiger partial charge in [-0.3, -0.25) is 4.98 Å². The summed E-state index contributed by atoms with van der Waals surface area (Å²) in [4.78, 5) is 11.4. The number of hydrogen-bond donors (Lipinski definition) is 2. The number of hydrogen-bond acceptors (Lipinski definition) is 3. The number of aromatic nitrogens is 1. The number of pyridine rings is 1. The van der Waals surface area contributed by atoms with Crippen LogP contribution in [0.5, 0.6) is 0 Å². The number of nitrogens with one attached hydrogen (secondary N) is 2. The Balaban J connectivity index is 1.64. The van der Waals surface area contributed by atoms with Crippen LogP contribution in [0, 0.1) is 0 Å². The summed E-state index contributed by atoms with van der Waals surface area (Å²) in [5.74, 6) is 0.884. The number of aliphatic imine (C=N–C) groups is 1. The van der Waals surface area contributed by atoms with Crippen molar-refractivity contribution in [1.82, 2.24) is 20.5 Å². The van der Waals surface area contributed by atoms with Gasteiger partial charge in [-0.1, -0.05) is 6.07 Å². The molecule has 1 aliphatic rings. The summed E-state index contributed by atoms with van der Waals surface area (Å²) < 4.78 is 0. The van der Waals surface area contributed by atoms with E-state index < -0.39 is 0 Å². The monoisotopic (exact) mass is 303 g/mol. The minimum atomic E-state index is 0.615. The number of likely N-dealkylation sites (tertiary alicyclic amines) is 1. The normalized spacial score (nSPS) is 16.0. The fourth-order valence-corrected chi connectivity index (χ4v) is 2.67. The Labute approximate surface area is 134 Å². The van der Waals surface area contributed by atoms with E-state index in [1.807, 2.05) is 24.4 Å². The molecule has 0 spiro atoms. The van der Waals surface area contributed by atoms with Crippen LogP contribution in [0.15, 0.2) is 29.4 Å². The Morgan fingerprint density at radius 1 is 1.23 bits per heavy atom. The van der Waals surface area contributed by atoms with Gasteiger partial charge in [-0.15, -0.1) is 0 Å². The van der Waals surface area contributed by atoms with E-state index >= 15 is 0 Å². The summed E-state index contributed by atoms with van der Waals surface area (Å²) in [5, 5.41) is 6.69. The van der Waals surface area contributed by atoms with Crippen LogP contribution < -0.4 is 10.6 Å². The summed E-state index contributed by atoms with van der Waals surface area (Å²) in [7, 11) is 0. The first-order chi connectivity index (χ1) is 10.9. The van der Waals surface area contributed by atoms with E-state index in [2.05, 4.69) is 32.4 Å². The standard InChI is InChI=1S/C17H29N5/c1-2-18-17(21-15-16-9-3-4-10-19-16)20-11-5-6-12-22-13-7-8-14-22/h3-4,9-10H,2,5-8,11-15H2,1H3,(H2,18,20,21). The van der Waals surface area contributed by atoms with Crippen molar-refractivity contribution < 1.29 is 0 Å². The highest BCUT2D eigenvalue weighted by Crippen LogP contribution is 2.07. The highest BCUT2D eigenvalue weighted by molar-refractivity contribution is 5.79. The van der Waals surface area contributed by atoms with Gasteiger partial charge in [-0.25, -0.2) is 4.99 Å². The smallest absolute Gasteiger partial charge is 0.191 e. The predicted octanol–water partition coefficient (Wildman–Crippen LogP) is 2.01. The summed E-state index contributed by atoms with van der Waals surface area (Å²) in [6.07, 6.45) is 7.01. The van der Waals surface area contributed by atoms with Crippen LogP contribution in [-0.4, -0.2) is 48.6 Å². The van der Waals surface area contributed by atoms with Gasteiger partial charge in [-0.2, -0.15) is 0 Å². The van der Waals surface area contributed by atoms with Crippen LogP contribution in [0.1, 0.15) is 38.3 Å². The van der Waals surface area contributed by atoms with Crippen molar-refractivity contribution in [3.05, 3.63) is 30.1 Å². The minimum absolute atomic E-state index is 0.615. The van der Waals surface area contributed by atoms with Gasteiger partial charge in [-0.05, 0) is 64.4 Å². The molecule has 0 atom stereocenters. The molecule has 0 saturated carbocycles.